The van der Waals surface area contributed by atoms with E-state index in [1.165, 1.54) is 23.1 Å². The van der Waals surface area contributed by atoms with Gasteiger partial charge in [0.2, 0.25) is 5.91 Å². The van der Waals surface area contributed by atoms with Gasteiger partial charge in [-0.2, -0.15) is 0 Å². The molecule has 0 spiro atoms. The molecule has 1 amide bonds. The number of para-hydroxylation sites is 2. The summed E-state index contributed by atoms with van der Waals surface area (Å²) in [5.41, 5.74) is 1.10. The van der Waals surface area contributed by atoms with Gasteiger partial charge in [-0.1, -0.05) is 23.9 Å². The number of benzene rings is 1. The molecule has 0 radical (unpaired) electrons. The summed E-state index contributed by atoms with van der Waals surface area (Å²) in [6.45, 7) is 3.34. The van der Waals surface area contributed by atoms with Gasteiger partial charge in [0.05, 0.1) is 18.6 Å². The molecule has 30 heavy (non-hydrogen) atoms. The summed E-state index contributed by atoms with van der Waals surface area (Å²) in [5.74, 6) is 1.86. The van der Waals surface area contributed by atoms with Crippen LogP contribution >= 0.6 is 23.1 Å². The Balaban J connectivity index is 1.38. The molecule has 1 aliphatic heterocycles. The maximum atomic E-state index is 12.2. The van der Waals surface area contributed by atoms with Gasteiger partial charge in [-0.15, -0.1) is 11.3 Å². The van der Waals surface area contributed by atoms with E-state index in [-0.39, 0.29) is 11.7 Å². The van der Waals surface area contributed by atoms with E-state index in [2.05, 4.69) is 36.1 Å². The molecule has 0 aliphatic carbocycles. The fraction of sp³-hybridized carbons (Fsp3) is 0.300. The van der Waals surface area contributed by atoms with Crippen LogP contribution < -0.4 is 19.9 Å². The normalized spacial score (nSPS) is 13.9. The Bertz CT molecular complexity index is 977. The predicted octanol–water partition coefficient (Wildman–Crippen LogP) is 3.00. The lowest BCUT2D eigenvalue weighted by molar-refractivity contribution is -0.113. The molecule has 0 atom stereocenters. The highest BCUT2D eigenvalue weighted by Gasteiger charge is 2.23. The Morgan fingerprint density at radius 3 is 2.63 bits per heavy atom. The first-order valence-electron chi connectivity index (χ1n) is 9.50. The number of carbonyl (C=O) groups is 1. The number of thioether (sulfide) groups is 1. The number of hydrogen-bond donors (Lipinski definition) is 1. The highest BCUT2D eigenvalue weighted by Crippen LogP contribution is 2.31. The van der Waals surface area contributed by atoms with Crippen molar-refractivity contribution in [1.82, 2.24) is 15.0 Å². The minimum Gasteiger partial charge on any atom is -0.495 e. The van der Waals surface area contributed by atoms with Crippen molar-refractivity contribution in [3.63, 3.8) is 0 Å². The van der Waals surface area contributed by atoms with Crippen molar-refractivity contribution in [2.45, 2.75) is 5.03 Å². The third-order valence-electron chi connectivity index (χ3n) is 4.67. The summed E-state index contributed by atoms with van der Waals surface area (Å²) >= 11 is 2.79. The monoisotopic (exact) mass is 442 g/mol. The summed E-state index contributed by atoms with van der Waals surface area (Å²) in [7, 11) is 1.70. The van der Waals surface area contributed by atoms with Gasteiger partial charge in [0.25, 0.3) is 0 Å². The quantitative estimate of drug-likeness (QED) is 0.559. The van der Waals surface area contributed by atoms with Gasteiger partial charge in [0.15, 0.2) is 10.9 Å². The fourth-order valence-electron chi connectivity index (χ4n) is 3.26. The Labute approximate surface area is 183 Å². The molecule has 0 saturated carbocycles. The number of aromatic nitrogens is 3. The number of anilines is 3. The van der Waals surface area contributed by atoms with Crippen LogP contribution in [0.3, 0.4) is 0 Å². The summed E-state index contributed by atoms with van der Waals surface area (Å²) in [6.07, 6.45) is 5.02. The zero-order valence-electron chi connectivity index (χ0n) is 16.5. The molecule has 1 N–H and O–H groups in total. The van der Waals surface area contributed by atoms with Crippen LogP contribution in [0.4, 0.5) is 16.6 Å². The van der Waals surface area contributed by atoms with E-state index in [9.17, 15) is 4.79 Å². The van der Waals surface area contributed by atoms with E-state index in [4.69, 9.17) is 4.74 Å². The number of methoxy groups -OCH3 is 1. The molecule has 1 saturated heterocycles. The Hall–Kier alpha value is -2.85. The van der Waals surface area contributed by atoms with Gasteiger partial charge in [0.1, 0.15) is 10.8 Å². The highest BCUT2D eigenvalue weighted by atomic mass is 32.2. The molecule has 0 unspecified atom stereocenters. The SMILES string of the molecule is COc1ccccc1N1CCN(c2nccnc2SCC(=O)Nc2nccs2)CC1. The van der Waals surface area contributed by atoms with Gasteiger partial charge in [-0.05, 0) is 12.1 Å². The van der Waals surface area contributed by atoms with Crippen LogP contribution in [0.1, 0.15) is 0 Å². The van der Waals surface area contributed by atoms with Crippen molar-refractivity contribution in [3.05, 3.63) is 48.2 Å². The molecule has 0 bridgehead atoms. The van der Waals surface area contributed by atoms with Gasteiger partial charge in [-0.25, -0.2) is 15.0 Å². The summed E-state index contributed by atoms with van der Waals surface area (Å²) in [5, 5.41) is 5.99. The molecule has 1 aliphatic rings. The maximum absolute atomic E-state index is 12.2. The van der Waals surface area contributed by atoms with E-state index in [1.807, 2.05) is 23.6 Å². The Morgan fingerprint density at radius 2 is 1.87 bits per heavy atom. The van der Waals surface area contributed by atoms with E-state index >= 15 is 0 Å². The van der Waals surface area contributed by atoms with Crippen molar-refractivity contribution in [2.75, 3.05) is 54.2 Å². The Kier molecular flexibility index (Phi) is 6.65. The number of hydrogen-bond acceptors (Lipinski definition) is 9. The second-order valence-electron chi connectivity index (χ2n) is 6.51. The molecule has 3 heterocycles. The molecule has 1 fully saturated rings. The van der Waals surface area contributed by atoms with E-state index in [0.717, 1.165) is 48.5 Å². The van der Waals surface area contributed by atoms with Crippen molar-refractivity contribution in [1.29, 1.82) is 0 Å². The maximum Gasteiger partial charge on any atom is 0.236 e. The average Bonchev–Trinajstić information content (AvgIpc) is 3.31. The minimum atomic E-state index is -0.104. The summed E-state index contributed by atoms with van der Waals surface area (Å²) in [6, 6.07) is 8.07. The lowest BCUT2D eigenvalue weighted by Gasteiger charge is -2.37. The second kappa shape index (κ2) is 9.77. The summed E-state index contributed by atoms with van der Waals surface area (Å²) in [4.78, 5) is 29.8. The largest absolute Gasteiger partial charge is 0.495 e. The van der Waals surface area contributed by atoms with Crippen molar-refractivity contribution in [3.8, 4) is 5.75 Å². The van der Waals surface area contributed by atoms with Crippen LogP contribution in [0.2, 0.25) is 0 Å². The fourth-order valence-corrected chi connectivity index (χ4v) is 4.59. The first kappa shape index (κ1) is 20.4. The molecule has 10 heteroatoms. The topological polar surface area (TPSA) is 83.5 Å². The van der Waals surface area contributed by atoms with Crippen molar-refractivity contribution >= 4 is 45.6 Å². The first-order valence-corrected chi connectivity index (χ1v) is 11.4. The molecule has 1 aromatic carbocycles. The van der Waals surface area contributed by atoms with Crippen molar-refractivity contribution < 1.29 is 9.53 Å². The minimum absolute atomic E-state index is 0.104. The highest BCUT2D eigenvalue weighted by molar-refractivity contribution is 8.00. The smallest absolute Gasteiger partial charge is 0.236 e. The zero-order valence-corrected chi connectivity index (χ0v) is 18.2. The average molecular weight is 443 g/mol. The lowest BCUT2D eigenvalue weighted by atomic mass is 10.2. The van der Waals surface area contributed by atoms with Crippen LogP contribution in [0.5, 0.6) is 5.75 Å². The number of carbonyl (C=O) groups excluding carboxylic acids is 1. The number of amides is 1. The third-order valence-corrected chi connectivity index (χ3v) is 6.33. The first-order chi connectivity index (χ1) is 14.7. The van der Waals surface area contributed by atoms with Crippen LogP contribution in [-0.4, -0.2) is 59.9 Å². The van der Waals surface area contributed by atoms with Crippen molar-refractivity contribution in [2.24, 2.45) is 0 Å². The molecule has 3 aromatic rings. The molecular formula is C20H22N6O2S2. The number of nitrogens with one attached hydrogen (secondary N) is 1. The predicted molar refractivity (Wildman–Crippen MR) is 121 cm³/mol. The number of ether oxygens (including phenoxy) is 1. The number of thiazole rings is 1. The van der Waals surface area contributed by atoms with E-state index < -0.39 is 0 Å². The second-order valence-corrected chi connectivity index (χ2v) is 8.36. The van der Waals surface area contributed by atoms with Crippen LogP contribution in [0.15, 0.2) is 53.3 Å². The molecular weight excluding hydrogens is 420 g/mol. The number of nitrogens with zero attached hydrogens (tertiary/aromatic N) is 5. The van der Waals surface area contributed by atoms with Gasteiger partial charge in [0, 0.05) is 50.1 Å². The van der Waals surface area contributed by atoms with Gasteiger partial charge in [-0.3, -0.25) is 4.79 Å². The molecule has 4 rings (SSSR count). The van der Waals surface area contributed by atoms with Crippen LogP contribution in [0, 0.1) is 0 Å². The number of rotatable bonds is 7. The standard InChI is InChI=1S/C20H22N6O2S2/c1-28-16-5-3-2-4-15(16)25-9-11-26(12-10-25)18-19(22-7-6-21-18)30-14-17(27)24-20-23-8-13-29-20/h2-8,13H,9-12,14H2,1H3,(H,23,24,27). The van der Waals surface area contributed by atoms with Gasteiger partial charge < -0.3 is 19.9 Å². The van der Waals surface area contributed by atoms with Crippen LogP contribution in [-0.2, 0) is 4.79 Å². The third kappa shape index (κ3) is 4.82. The summed E-state index contributed by atoms with van der Waals surface area (Å²) < 4.78 is 5.50. The van der Waals surface area contributed by atoms with E-state index in [0.29, 0.717) is 5.13 Å². The molecule has 8 nitrogen and oxygen atoms in total. The van der Waals surface area contributed by atoms with Crippen LogP contribution in [0.25, 0.3) is 0 Å². The van der Waals surface area contributed by atoms with E-state index in [1.54, 1.807) is 25.7 Å². The zero-order chi connectivity index (χ0) is 20.8. The molecule has 2 aromatic heterocycles. The number of piperazine rings is 1. The van der Waals surface area contributed by atoms with Gasteiger partial charge >= 0.3 is 0 Å². The lowest BCUT2D eigenvalue weighted by Crippen LogP contribution is -2.47. The Morgan fingerprint density at radius 1 is 1.10 bits per heavy atom. The molecule has 156 valence electrons.